The molecular formula is C39H59F3S. The fourth-order valence-electron chi connectivity index (χ4n) is 10.2. The number of hydrogen-bond acceptors (Lipinski definition) is 1. The summed E-state index contributed by atoms with van der Waals surface area (Å²) in [5.41, 5.74) is 1.18. The van der Waals surface area contributed by atoms with Gasteiger partial charge in [0.15, 0.2) is 5.67 Å². The van der Waals surface area contributed by atoms with Gasteiger partial charge in [0.25, 0.3) is 5.92 Å². The summed E-state index contributed by atoms with van der Waals surface area (Å²) in [4.78, 5) is 1.24. The van der Waals surface area contributed by atoms with Crippen LogP contribution in [-0.2, 0) is 0 Å². The fourth-order valence-corrected chi connectivity index (χ4v) is 10.6. The number of rotatable bonds is 4. The Morgan fingerprint density at radius 1 is 0.791 bits per heavy atom. The van der Waals surface area contributed by atoms with Gasteiger partial charge in [-0.2, -0.15) is 0 Å². The van der Waals surface area contributed by atoms with Crippen LogP contribution >= 0.6 is 11.8 Å². The van der Waals surface area contributed by atoms with Crippen LogP contribution in [0.4, 0.5) is 13.2 Å². The molecule has 1 spiro atoms. The Kier molecular flexibility index (Phi) is 8.88. The van der Waals surface area contributed by atoms with E-state index < -0.39 is 22.4 Å². The number of benzene rings is 1. The molecule has 1 aromatic rings. The fraction of sp³-hybridized carbons (Fsp3) is 0.795. The Bertz CT molecular complexity index is 1180. The number of hydrogen-bond donors (Lipinski definition) is 0. The SMILES string of the molecule is CSc1ccc(C2CC(C)(C)[C@](C)(C(C)(F)C(C)(F)F)CCC(C)C3CCC4CC5(CCC4=C23)CCC(C)(C)CC5)cc1. The first-order valence-corrected chi connectivity index (χ1v) is 18.5. The third-order valence-electron chi connectivity index (χ3n) is 14.1. The van der Waals surface area contributed by atoms with Crippen LogP contribution in [0.1, 0.15) is 144 Å². The molecule has 0 N–H and O–H groups in total. The molecule has 5 unspecified atom stereocenters. The second kappa shape index (κ2) is 11.4. The molecule has 242 valence electrons. The molecule has 0 aliphatic heterocycles. The van der Waals surface area contributed by atoms with Gasteiger partial charge in [0, 0.05) is 23.2 Å². The van der Waals surface area contributed by atoms with Crippen LogP contribution in [-0.4, -0.2) is 17.8 Å². The van der Waals surface area contributed by atoms with Crippen molar-refractivity contribution in [3.8, 4) is 0 Å². The normalized spacial score (nSPS) is 35.6. The van der Waals surface area contributed by atoms with Gasteiger partial charge in [-0.15, -0.1) is 11.8 Å². The van der Waals surface area contributed by atoms with E-state index in [0.29, 0.717) is 41.4 Å². The molecule has 4 aliphatic rings. The summed E-state index contributed by atoms with van der Waals surface area (Å²) in [6, 6.07) is 9.03. The smallest absolute Gasteiger partial charge is 0.237 e. The first-order chi connectivity index (χ1) is 19.9. The molecular weight excluding hydrogens is 557 g/mol. The Balaban J connectivity index is 1.63. The van der Waals surface area contributed by atoms with Gasteiger partial charge in [-0.3, -0.25) is 0 Å². The predicted octanol–water partition coefficient (Wildman–Crippen LogP) is 12.8. The molecule has 0 nitrogen and oxygen atoms in total. The minimum Gasteiger partial charge on any atom is -0.237 e. The Labute approximate surface area is 265 Å². The van der Waals surface area contributed by atoms with Gasteiger partial charge in [0.1, 0.15) is 0 Å². The molecule has 6 atom stereocenters. The van der Waals surface area contributed by atoms with Gasteiger partial charge < -0.3 is 0 Å². The summed E-state index contributed by atoms with van der Waals surface area (Å²) in [7, 11) is 0. The number of alkyl halides is 3. The zero-order valence-electron chi connectivity index (χ0n) is 28.6. The van der Waals surface area contributed by atoms with Crippen molar-refractivity contribution in [1.29, 1.82) is 0 Å². The van der Waals surface area contributed by atoms with E-state index in [1.54, 1.807) is 22.9 Å². The van der Waals surface area contributed by atoms with Crippen molar-refractivity contribution in [1.82, 2.24) is 0 Å². The predicted molar refractivity (Wildman–Crippen MR) is 178 cm³/mol. The highest BCUT2D eigenvalue weighted by molar-refractivity contribution is 7.98. The van der Waals surface area contributed by atoms with E-state index in [1.807, 2.05) is 6.92 Å². The highest BCUT2D eigenvalue weighted by atomic mass is 32.2. The largest absolute Gasteiger partial charge is 0.278 e. The Morgan fingerprint density at radius 2 is 1.42 bits per heavy atom. The third kappa shape index (κ3) is 5.91. The van der Waals surface area contributed by atoms with Crippen molar-refractivity contribution in [2.45, 2.75) is 155 Å². The monoisotopic (exact) mass is 616 g/mol. The zero-order chi connectivity index (χ0) is 31.6. The standard InChI is InChI=1S/C39H59F3S/c1-26-16-18-36(6,37(7,40)38(8,41)42)35(4,5)25-32(27-10-13-29(43-9)14-11-27)33-30(26)15-12-28-24-39(19-17-31(28)33)22-20-34(2,3)21-23-39/h10-11,13-14,26,28,30,32H,12,15-25H2,1-9H3/t26?,28?,30?,32?,36-,37?/m1/s1. The molecule has 1 aromatic carbocycles. The summed E-state index contributed by atoms with van der Waals surface area (Å²) in [5, 5.41) is 0. The van der Waals surface area contributed by atoms with Crippen molar-refractivity contribution in [3.63, 3.8) is 0 Å². The molecule has 0 amide bonds. The van der Waals surface area contributed by atoms with Crippen molar-refractivity contribution >= 4 is 11.8 Å². The number of thioether (sulfide) groups is 1. The van der Waals surface area contributed by atoms with E-state index in [2.05, 4.69) is 65.1 Å². The number of fused-ring (bicyclic) bond motifs is 2. The zero-order valence-corrected chi connectivity index (χ0v) is 29.5. The van der Waals surface area contributed by atoms with Gasteiger partial charge >= 0.3 is 0 Å². The molecule has 0 heterocycles. The van der Waals surface area contributed by atoms with Crippen LogP contribution in [0.25, 0.3) is 0 Å². The van der Waals surface area contributed by atoms with Crippen molar-refractivity contribution in [2.24, 2.45) is 39.4 Å². The van der Waals surface area contributed by atoms with Crippen LogP contribution < -0.4 is 0 Å². The topological polar surface area (TPSA) is 0 Å². The lowest BCUT2D eigenvalue weighted by atomic mass is 9.52. The van der Waals surface area contributed by atoms with Gasteiger partial charge in [0.05, 0.1) is 0 Å². The van der Waals surface area contributed by atoms with Gasteiger partial charge in [-0.25, -0.2) is 13.2 Å². The molecule has 4 heteroatoms. The van der Waals surface area contributed by atoms with E-state index in [1.165, 1.54) is 75.2 Å². The lowest BCUT2D eigenvalue weighted by molar-refractivity contribution is -0.209. The van der Waals surface area contributed by atoms with Crippen molar-refractivity contribution in [2.75, 3.05) is 6.26 Å². The number of allylic oxidation sites excluding steroid dienone is 2. The van der Waals surface area contributed by atoms with Crippen LogP contribution in [0.2, 0.25) is 0 Å². The van der Waals surface area contributed by atoms with E-state index >= 15 is 13.2 Å². The molecule has 0 radical (unpaired) electrons. The van der Waals surface area contributed by atoms with Gasteiger partial charge in [-0.1, -0.05) is 64.8 Å². The van der Waals surface area contributed by atoms with E-state index in [4.69, 9.17) is 0 Å². The lowest BCUT2D eigenvalue weighted by Gasteiger charge is -2.54. The molecule has 5 rings (SSSR count). The summed E-state index contributed by atoms with van der Waals surface area (Å²) < 4.78 is 47.0. The first-order valence-electron chi connectivity index (χ1n) is 17.3. The van der Waals surface area contributed by atoms with Crippen LogP contribution in [0.3, 0.4) is 0 Å². The molecule has 3 saturated carbocycles. The second-order valence-corrected chi connectivity index (χ2v) is 18.3. The maximum Gasteiger partial charge on any atom is 0.278 e. The highest BCUT2D eigenvalue weighted by Crippen LogP contribution is 2.65. The Morgan fingerprint density at radius 3 is 2.00 bits per heavy atom. The number of halogens is 3. The first kappa shape index (κ1) is 33.5. The minimum absolute atomic E-state index is 0.134. The quantitative estimate of drug-likeness (QED) is 0.239. The highest BCUT2D eigenvalue weighted by Gasteiger charge is 2.64. The van der Waals surface area contributed by atoms with E-state index in [0.717, 1.165) is 13.3 Å². The minimum atomic E-state index is -3.42. The van der Waals surface area contributed by atoms with Crippen molar-refractivity contribution < 1.29 is 13.2 Å². The average molecular weight is 617 g/mol. The summed E-state index contributed by atoms with van der Waals surface area (Å²) in [6.07, 6.45) is 15.7. The maximum atomic E-state index is 16.7. The second-order valence-electron chi connectivity index (χ2n) is 17.4. The third-order valence-corrected chi connectivity index (χ3v) is 14.8. The van der Waals surface area contributed by atoms with Gasteiger partial charge in [0.2, 0.25) is 0 Å². The molecule has 0 saturated heterocycles. The van der Waals surface area contributed by atoms with Gasteiger partial charge in [-0.05, 0) is 142 Å². The van der Waals surface area contributed by atoms with Crippen LogP contribution in [0.5, 0.6) is 0 Å². The lowest BCUT2D eigenvalue weighted by Crippen LogP contribution is -2.58. The molecule has 0 aromatic heterocycles. The summed E-state index contributed by atoms with van der Waals surface area (Å²) >= 11 is 1.75. The molecule has 43 heavy (non-hydrogen) atoms. The van der Waals surface area contributed by atoms with E-state index in [9.17, 15) is 0 Å². The van der Waals surface area contributed by atoms with Crippen molar-refractivity contribution in [3.05, 3.63) is 41.0 Å². The van der Waals surface area contributed by atoms with E-state index in [-0.39, 0.29) is 5.92 Å². The molecule has 4 aliphatic carbocycles. The average Bonchev–Trinajstić information content (AvgIpc) is 2.97. The van der Waals surface area contributed by atoms with Crippen LogP contribution in [0.15, 0.2) is 40.3 Å². The summed E-state index contributed by atoms with van der Waals surface area (Å²) in [5.74, 6) is -1.85. The Hall–Kier alpha value is -0.900. The van der Waals surface area contributed by atoms with Crippen LogP contribution in [0, 0.1) is 39.4 Å². The maximum absolute atomic E-state index is 16.7. The molecule has 3 fully saturated rings. The summed E-state index contributed by atoms with van der Waals surface area (Å²) in [6.45, 7) is 15.2. The molecule has 0 bridgehead atoms.